The van der Waals surface area contributed by atoms with Crippen molar-refractivity contribution in [3.63, 3.8) is 0 Å². The lowest BCUT2D eigenvalue weighted by molar-refractivity contribution is 0.250. The Labute approximate surface area is 116 Å². The number of hydrogen-bond acceptors (Lipinski definition) is 2. The van der Waals surface area contributed by atoms with E-state index in [0.29, 0.717) is 24.7 Å². The van der Waals surface area contributed by atoms with Crippen LogP contribution in [-0.2, 0) is 6.42 Å². The third-order valence-electron chi connectivity index (χ3n) is 3.27. The van der Waals surface area contributed by atoms with E-state index < -0.39 is 0 Å². The molecule has 2 atom stereocenters. The second-order valence-electron chi connectivity index (χ2n) is 5.37. The molecule has 108 valence electrons. The van der Waals surface area contributed by atoms with Crippen molar-refractivity contribution in [2.24, 2.45) is 11.7 Å². The molecule has 2 nitrogen and oxygen atoms in total. The minimum atomic E-state index is -0.251. The van der Waals surface area contributed by atoms with E-state index >= 15 is 0 Å². The summed E-state index contributed by atoms with van der Waals surface area (Å²) in [6, 6.07) is 4.96. The van der Waals surface area contributed by atoms with Crippen LogP contribution in [0.15, 0.2) is 18.2 Å². The van der Waals surface area contributed by atoms with Gasteiger partial charge in [0.15, 0.2) is 0 Å². The normalized spacial score (nSPS) is 14.2. The number of rotatable bonds is 8. The third-order valence-corrected chi connectivity index (χ3v) is 3.27. The lowest BCUT2D eigenvalue weighted by Gasteiger charge is -2.14. The van der Waals surface area contributed by atoms with E-state index in [0.717, 1.165) is 24.8 Å². The monoisotopic (exact) mass is 267 g/mol. The summed E-state index contributed by atoms with van der Waals surface area (Å²) < 4.78 is 19.2. The van der Waals surface area contributed by atoms with Crippen LogP contribution in [0.5, 0.6) is 5.75 Å². The molecule has 0 aliphatic rings. The maximum atomic E-state index is 13.5. The second kappa shape index (κ2) is 8.16. The molecule has 1 aromatic rings. The van der Waals surface area contributed by atoms with Crippen molar-refractivity contribution >= 4 is 0 Å². The Morgan fingerprint density at radius 3 is 2.63 bits per heavy atom. The van der Waals surface area contributed by atoms with Gasteiger partial charge in [0.2, 0.25) is 0 Å². The van der Waals surface area contributed by atoms with Crippen LogP contribution in [-0.4, -0.2) is 12.6 Å². The van der Waals surface area contributed by atoms with Gasteiger partial charge in [0.05, 0.1) is 6.61 Å². The van der Waals surface area contributed by atoms with Gasteiger partial charge in [-0.05, 0) is 42.9 Å². The molecule has 1 rings (SSSR count). The second-order valence-corrected chi connectivity index (χ2v) is 5.37. The molecule has 0 bridgehead atoms. The quantitative estimate of drug-likeness (QED) is 0.774. The molecule has 0 radical (unpaired) electrons. The van der Waals surface area contributed by atoms with Crippen LogP contribution in [0.25, 0.3) is 0 Å². The Morgan fingerprint density at radius 2 is 2.00 bits per heavy atom. The van der Waals surface area contributed by atoms with Gasteiger partial charge in [-0.2, -0.15) is 0 Å². The molecule has 19 heavy (non-hydrogen) atoms. The summed E-state index contributed by atoms with van der Waals surface area (Å²) in [5, 5.41) is 0. The SMILES string of the molecule is CCCC(C)COc1cc(F)cc(CC(N)CC)c1. The number of halogens is 1. The van der Waals surface area contributed by atoms with Crippen LogP contribution in [0.3, 0.4) is 0 Å². The van der Waals surface area contributed by atoms with Gasteiger partial charge in [-0.25, -0.2) is 4.39 Å². The Kier molecular flexibility index (Phi) is 6.85. The van der Waals surface area contributed by atoms with Gasteiger partial charge in [-0.3, -0.25) is 0 Å². The Balaban J connectivity index is 2.63. The van der Waals surface area contributed by atoms with E-state index in [-0.39, 0.29) is 11.9 Å². The summed E-state index contributed by atoms with van der Waals surface area (Å²) in [6.07, 6.45) is 3.85. The maximum Gasteiger partial charge on any atom is 0.127 e. The molecule has 0 saturated heterocycles. The van der Waals surface area contributed by atoms with E-state index in [1.165, 1.54) is 12.1 Å². The van der Waals surface area contributed by atoms with Crippen LogP contribution in [0.2, 0.25) is 0 Å². The first-order chi connectivity index (χ1) is 9.05. The largest absolute Gasteiger partial charge is 0.493 e. The van der Waals surface area contributed by atoms with Crippen LogP contribution in [0.4, 0.5) is 4.39 Å². The lowest BCUT2D eigenvalue weighted by atomic mass is 10.0. The molecule has 1 aromatic carbocycles. The number of hydrogen-bond donors (Lipinski definition) is 1. The van der Waals surface area contributed by atoms with E-state index in [1.54, 1.807) is 0 Å². The van der Waals surface area contributed by atoms with Gasteiger partial charge in [0, 0.05) is 12.1 Å². The topological polar surface area (TPSA) is 35.2 Å². The first kappa shape index (κ1) is 16.0. The van der Waals surface area contributed by atoms with Crippen molar-refractivity contribution in [2.45, 2.75) is 52.5 Å². The van der Waals surface area contributed by atoms with E-state index in [4.69, 9.17) is 10.5 Å². The van der Waals surface area contributed by atoms with E-state index in [9.17, 15) is 4.39 Å². The molecule has 2 unspecified atom stereocenters. The molecule has 0 spiro atoms. The van der Waals surface area contributed by atoms with Crippen molar-refractivity contribution in [2.75, 3.05) is 6.61 Å². The van der Waals surface area contributed by atoms with Crippen molar-refractivity contribution in [3.05, 3.63) is 29.6 Å². The highest BCUT2D eigenvalue weighted by Gasteiger charge is 2.07. The smallest absolute Gasteiger partial charge is 0.127 e. The summed E-state index contributed by atoms with van der Waals surface area (Å²) in [7, 11) is 0. The average molecular weight is 267 g/mol. The zero-order valence-electron chi connectivity index (χ0n) is 12.3. The van der Waals surface area contributed by atoms with Gasteiger partial charge >= 0.3 is 0 Å². The molecule has 0 aliphatic heterocycles. The Bertz CT molecular complexity index is 381. The first-order valence-electron chi connectivity index (χ1n) is 7.23. The van der Waals surface area contributed by atoms with Crippen LogP contribution in [0.1, 0.15) is 45.6 Å². The molecule has 0 amide bonds. The molecule has 2 N–H and O–H groups in total. The Hall–Kier alpha value is -1.09. The highest BCUT2D eigenvalue weighted by Crippen LogP contribution is 2.19. The van der Waals surface area contributed by atoms with Crippen LogP contribution >= 0.6 is 0 Å². The number of nitrogens with two attached hydrogens (primary N) is 1. The lowest BCUT2D eigenvalue weighted by Crippen LogP contribution is -2.21. The van der Waals surface area contributed by atoms with Crippen molar-refractivity contribution in [1.82, 2.24) is 0 Å². The molecular formula is C16H26FNO. The first-order valence-corrected chi connectivity index (χ1v) is 7.23. The summed E-state index contributed by atoms with van der Waals surface area (Å²) in [5.74, 6) is 0.856. The molecule has 0 aromatic heterocycles. The van der Waals surface area contributed by atoms with Crippen molar-refractivity contribution in [3.8, 4) is 5.75 Å². The summed E-state index contributed by atoms with van der Waals surface area (Å²) in [5.41, 5.74) is 6.81. The molecule has 0 fully saturated rings. The van der Waals surface area contributed by atoms with Gasteiger partial charge in [-0.15, -0.1) is 0 Å². The summed E-state index contributed by atoms with van der Waals surface area (Å²) >= 11 is 0. The number of ether oxygens (including phenoxy) is 1. The summed E-state index contributed by atoms with van der Waals surface area (Å²) in [6.45, 7) is 6.98. The van der Waals surface area contributed by atoms with Crippen molar-refractivity contribution in [1.29, 1.82) is 0 Å². The fraction of sp³-hybridized carbons (Fsp3) is 0.625. The zero-order valence-corrected chi connectivity index (χ0v) is 12.3. The van der Waals surface area contributed by atoms with E-state index in [2.05, 4.69) is 13.8 Å². The molecule has 0 heterocycles. The predicted octanol–water partition coefficient (Wildman–Crippen LogP) is 3.92. The Morgan fingerprint density at radius 1 is 1.26 bits per heavy atom. The van der Waals surface area contributed by atoms with Crippen LogP contribution in [0, 0.1) is 11.7 Å². The van der Waals surface area contributed by atoms with E-state index in [1.807, 2.05) is 13.0 Å². The molecule has 3 heteroatoms. The maximum absolute atomic E-state index is 13.5. The van der Waals surface area contributed by atoms with Gasteiger partial charge in [0.1, 0.15) is 11.6 Å². The van der Waals surface area contributed by atoms with Gasteiger partial charge in [-0.1, -0.05) is 27.2 Å². The third kappa shape index (κ3) is 6.06. The minimum absolute atomic E-state index is 0.0775. The minimum Gasteiger partial charge on any atom is -0.493 e. The number of benzene rings is 1. The standard InChI is InChI=1S/C16H26FNO/c1-4-6-12(3)11-19-16-9-13(7-14(17)10-16)8-15(18)5-2/h7,9-10,12,15H,4-6,8,11,18H2,1-3H3. The highest BCUT2D eigenvalue weighted by atomic mass is 19.1. The fourth-order valence-corrected chi connectivity index (χ4v) is 2.08. The van der Waals surface area contributed by atoms with Crippen LogP contribution < -0.4 is 10.5 Å². The average Bonchev–Trinajstić information content (AvgIpc) is 2.36. The molecular weight excluding hydrogens is 241 g/mol. The zero-order chi connectivity index (χ0) is 14.3. The summed E-state index contributed by atoms with van der Waals surface area (Å²) in [4.78, 5) is 0. The highest BCUT2D eigenvalue weighted by molar-refractivity contribution is 5.30. The van der Waals surface area contributed by atoms with Crippen molar-refractivity contribution < 1.29 is 9.13 Å². The predicted molar refractivity (Wildman–Crippen MR) is 77.9 cm³/mol. The van der Waals surface area contributed by atoms with Gasteiger partial charge < -0.3 is 10.5 Å². The molecule has 0 aliphatic carbocycles. The molecule has 0 saturated carbocycles. The fourth-order valence-electron chi connectivity index (χ4n) is 2.08. The van der Waals surface area contributed by atoms with Gasteiger partial charge in [0.25, 0.3) is 0 Å².